The van der Waals surface area contributed by atoms with Crippen molar-refractivity contribution in [2.45, 2.75) is 6.92 Å². The van der Waals surface area contributed by atoms with Crippen LogP contribution in [0.4, 0.5) is 0 Å². The number of hydrogen-bond donors (Lipinski definition) is 0. The Morgan fingerprint density at radius 2 is 1.33 bits per heavy atom. The highest BCUT2D eigenvalue weighted by atomic mass is 16.5. The highest BCUT2D eigenvalue weighted by molar-refractivity contribution is 5.76. The van der Waals surface area contributed by atoms with Crippen LogP contribution in [0.15, 0.2) is 72.8 Å². The van der Waals surface area contributed by atoms with Gasteiger partial charge in [-0.05, 0) is 35.7 Å². The highest BCUT2D eigenvalue weighted by Crippen LogP contribution is 2.32. The first-order valence-electron chi connectivity index (χ1n) is 7.08. The Labute approximate surface area is 125 Å². The molecule has 3 rings (SSSR count). The summed E-state index contributed by atoms with van der Waals surface area (Å²) >= 11 is 0. The van der Waals surface area contributed by atoms with Gasteiger partial charge < -0.3 is 4.74 Å². The zero-order valence-electron chi connectivity index (χ0n) is 12.3. The second-order valence-corrected chi connectivity index (χ2v) is 5.15. The number of hydrogen-bond acceptors (Lipinski definition) is 1. The van der Waals surface area contributed by atoms with Crippen LogP contribution in [0, 0.1) is 6.92 Å². The predicted molar refractivity (Wildman–Crippen MR) is 88.6 cm³/mol. The van der Waals surface area contributed by atoms with Crippen LogP contribution >= 0.6 is 0 Å². The maximum absolute atomic E-state index is 5.46. The van der Waals surface area contributed by atoms with Crippen molar-refractivity contribution in [2.75, 3.05) is 7.11 Å². The van der Waals surface area contributed by atoms with E-state index in [0.29, 0.717) is 0 Å². The molecule has 3 aromatic carbocycles. The summed E-state index contributed by atoms with van der Waals surface area (Å²) in [6.45, 7) is 2.12. The van der Waals surface area contributed by atoms with Gasteiger partial charge in [0.2, 0.25) is 0 Å². The van der Waals surface area contributed by atoms with E-state index in [-0.39, 0.29) is 0 Å². The third-order valence-corrected chi connectivity index (χ3v) is 3.63. The van der Waals surface area contributed by atoms with Crippen molar-refractivity contribution < 1.29 is 4.74 Å². The Morgan fingerprint density at radius 3 is 2.10 bits per heavy atom. The number of benzene rings is 3. The molecule has 0 N–H and O–H groups in total. The molecule has 3 aromatic rings. The van der Waals surface area contributed by atoms with E-state index in [2.05, 4.69) is 61.5 Å². The van der Waals surface area contributed by atoms with E-state index in [1.807, 2.05) is 18.2 Å². The van der Waals surface area contributed by atoms with Crippen molar-refractivity contribution in [1.29, 1.82) is 0 Å². The lowest BCUT2D eigenvalue weighted by Crippen LogP contribution is -1.88. The molecule has 104 valence electrons. The van der Waals surface area contributed by atoms with Crippen LogP contribution in [0.3, 0.4) is 0 Å². The van der Waals surface area contributed by atoms with Crippen LogP contribution in [0.25, 0.3) is 22.3 Å². The molecule has 0 aliphatic heterocycles. The number of rotatable bonds is 3. The molecule has 0 amide bonds. The Hall–Kier alpha value is -2.54. The fraction of sp³-hybridized carbons (Fsp3) is 0.100. The smallest absolute Gasteiger partial charge is 0.126 e. The summed E-state index contributed by atoms with van der Waals surface area (Å²) in [4.78, 5) is 0. The van der Waals surface area contributed by atoms with Gasteiger partial charge in [-0.3, -0.25) is 0 Å². The van der Waals surface area contributed by atoms with Gasteiger partial charge in [-0.15, -0.1) is 0 Å². The van der Waals surface area contributed by atoms with Crippen molar-refractivity contribution >= 4 is 0 Å². The lowest BCUT2D eigenvalue weighted by molar-refractivity contribution is 0.416. The molecule has 0 atom stereocenters. The molecular weight excluding hydrogens is 256 g/mol. The minimum atomic E-state index is 0.902. The number of aryl methyl sites for hydroxylation is 1. The topological polar surface area (TPSA) is 9.23 Å². The third-order valence-electron chi connectivity index (χ3n) is 3.63. The molecule has 0 unspecified atom stereocenters. The summed E-state index contributed by atoms with van der Waals surface area (Å²) in [5.74, 6) is 0.902. The summed E-state index contributed by atoms with van der Waals surface area (Å²) in [6.07, 6.45) is 0. The van der Waals surface area contributed by atoms with Crippen molar-refractivity contribution in [3.05, 3.63) is 78.4 Å². The van der Waals surface area contributed by atoms with E-state index >= 15 is 0 Å². The molecule has 0 bridgehead atoms. The fourth-order valence-electron chi connectivity index (χ4n) is 2.57. The van der Waals surface area contributed by atoms with Crippen LogP contribution in [0.5, 0.6) is 5.75 Å². The largest absolute Gasteiger partial charge is 0.496 e. The maximum atomic E-state index is 5.46. The zero-order chi connectivity index (χ0) is 14.7. The van der Waals surface area contributed by atoms with Crippen molar-refractivity contribution in [2.24, 2.45) is 0 Å². The van der Waals surface area contributed by atoms with Gasteiger partial charge >= 0.3 is 0 Å². The molecule has 1 nitrogen and oxygen atoms in total. The van der Waals surface area contributed by atoms with Crippen LogP contribution in [0.1, 0.15) is 5.56 Å². The average Bonchev–Trinajstić information content (AvgIpc) is 2.55. The Morgan fingerprint density at radius 1 is 0.667 bits per heavy atom. The summed E-state index contributed by atoms with van der Waals surface area (Å²) in [5, 5.41) is 0. The molecule has 0 radical (unpaired) electrons. The Balaban J connectivity index is 2.08. The monoisotopic (exact) mass is 274 g/mol. The minimum absolute atomic E-state index is 0.902. The van der Waals surface area contributed by atoms with Crippen molar-refractivity contribution in [3.63, 3.8) is 0 Å². The van der Waals surface area contributed by atoms with E-state index in [0.717, 1.165) is 11.3 Å². The lowest BCUT2D eigenvalue weighted by Gasteiger charge is -2.10. The van der Waals surface area contributed by atoms with Gasteiger partial charge in [-0.2, -0.15) is 0 Å². The fourth-order valence-corrected chi connectivity index (χ4v) is 2.57. The number of para-hydroxylation sites is 1. The van der Waals surface area contributed by atoms with Gasteiger partial charge in [-0.25, -0.2) is 0 Å². The van der Waals surface area contributed by atoms with Gasteiger partial charge in [0.1, 0.15) is 5.75 Å². The molecule has 0 aromatic heterocycles. The van der Waals surface area contributed by atoms with E-state index in [1.54, 1.807) is 7.11 Å². The molecule has 0 saturated carbocycles. The first-order valence-corrected chi connectivity index (χ1v) is 7.08. The molecule has 0 heterocycles. The van der Waals surface area contributed by atoms with Crippen LogP contribution < -0.4 is 4.74 Å². The molecule has 0 spiro atoms. The normalized spacial score (nSPS) is 10.4. The van der Waals surface area contributed by atoms with E-state index in [4.69, 9.17) is 4.74 Å². The number of ether oxygens (including phenoxy) is 1. The minimum Gasteiger partial charge on any atom is -0.496 e. The molecule has 21 heavy (non-hydrogen) atoms. The van der Waals surface area contributed by atoms with E-state index in [1.165, 1.54) is 22.3 Å². The first kappa shape index (κ1) is 13.4. The molecule has 0 fully saturated rings. The summed E-state index contributed by atoms with van der Waals surface area (Å²) in [7, 11) is 1.71. The summed E-state index contributed by atoms with van der Waals surface area (Å²) < 4.78 is 5.46. The third kappa shape index (κ3) is 2.82. The van der Waals surface area contributed by atoms with Crippen molar-refractivity contribution in [3.8, 4) is 28.0 Å². The average molecular weight is 274 g/mol. The zero-order valence-corrected chi connectivity index (χ0v) is 12.3. The van der Waals surface area contributed by atoms with Crippen molar-refractivity contribution in [1.82, 2.24) is 0 Å². The SMILES string of the molecule is COc1ccccc1-c1cccc(-c2cccc(C)c2)c1. The Bertz CT molecular complexity index is 759. The Kier molecular flexibility index (Phi) is 3.74. The standard InChI is InChI=1S/C20H18O/c1-15-7-5-8-16(13-15)17-9-6-10-18(14-17)19-11-3-4-12-20(19)21-2/h3-14H,1-2H3. The molecule has 0 aliphatic carbocycles. The summed E-state index contributed by atoms with van der Waals surface area (Å²) in [5.41, 5.74) is 6.03. The van der Waals surface area contributed by atoms with E-state index in [9.17, 15) is 0 Å². The van der Waals surface area contributed by atoms with Gasteiger partial charge in [0.15, 0.2) is 0 Å². The van der Waals surface area contributed by atoms with Crippen LogP contribution in [-0.4, -0.2) is 7.11 Å². The van der Waals surface area contributed by atoms with Gasteiger partial charge in [0, 0.05) is 5.56 Å². The molecule has 1 heteroatoms. The summed E-state index contributed by atoms with van der Waals surface area (Å²) in [6, 6.07) is 25.3. The molecular formula is C20H18O. The lowest BCUT2D eigenvalue weighted by atomic mass is 9.98. The highest BCUT2D eigenvalue weighted by Gasteiger charge is 2.06. The second kappa shape index (κ2) is 5.84. The maximum Gasteiger partial charge on any atom is 0.126 e. The van der Waals surface area contributed by atoms with Gasteiger partial charge in [0.05, 0.1) is 7.11 Å². The van der Waals surface area contributed by atoms with Crippen LogP contribution in [0.2, 0.25) is 0 Å². The molecule has 0 aliphatic rings. The van der Waals surface area contributed by atoms with E-state index < -0.39 is 0 Å². The second-order valence-electron chi connectivity index (χ2n) is 5.15. The predicted octanol–water partition coefficient (Wildman–Crippen LogP) is 5.34. The number of methoxy groups -OCH3 is 1. The van der Waals surface area contributed by atoms with Gasteiger partial charge in [-0.1, -0.05) is 66.2 Å². The van der Waals surface area contributed by atoms with Gasteiger partial charge in [0.25, 0.3) is 0 Å². The molecule has 0 saturated heterocycles. The van der Waals surface area contributed by atoms with Crippen LogP contribution in [-0.2, 0) is 0 Å². The first-order chi connectivity index (χ1) is 10.3. The quantitative estimate of drug-likeness (QED) is 0.626.